The van der Waals surface area contributed by atoms with Crippen LogP contribution in [-0.2, 0) is 17.6 Å². The molecule has 0 radical (unpaired) electrons. The average Bonchev–Trinajstić information content (AvgIpc) is 2.59. The monoisotopic (exact) mass is 322 g/mol. The van der Waals surface area contributed by atoms with Crippen LogP contribution in [0.2, 0.25) is 0 Å². The van der Waals surface area contributed by atoms with Gasteiger partial charge in [-0.25, -0.2) is 0 Å². The van der Waals surface area contributed by atoms with Crippen LogP contribution in [0.1, 0.15) is 58.1 Å². The Balaban J connectivity index is 0.000000593. The van der Waals surface area contributed by atoms with E-state index < -0.39 is 0 Å². The highest BCUT2D eigenvalue weighted by Crippen LogP contribution is 2.33. The van der Waals surface area contributed by atoms with Crippen molar-refractivity contribution in [3.8, 4) is 5.75 Å². The highest BCUT2D eigenvalue weighted by atomic mass is 16.5. The lowest BCUT2D eigenvalue weighted by Crippen LogP contribution is -2.35. The zero-order valence-electron chi connectivity index (χ0n) is 15.5. The van der Waals surface area contributed by atoms with E-state index in [-0.39, 0.29) is 18.8 Å². The number of methoxy groups -OCH3 is 1. The molecule has 2 unspecified atom stereocenters. The molecule has 2 rings (SSSR count). The molecule has 1 N–H and O–H groups in total. The van der Waals surface area contributed by atoms with Crippen molar-refractivity contribution in [2.75, 3.05) is 13.7 Å². The number of unbranched alkanes of at least 4 members (excludes halogenated alkanes) is 1. The van der Waals surface area contributed by atoms with Crippen LogP contribution < -0.4 is 4.74 Å². The molecule has 3 heteroatoms. The minimum atomic E-state index is -0.0521. The fourth-order valence-electron chi connectivity index (χ4n) is 2.80. The van der Waals surface area contributed by atoms with Gasteiger partial charge in [-0.05, 0) is 36.0 Å². The number of ether oxygens (including phenoxy) is 2. The summed E-state index contributed by atoms with van der Waals surface area (Å²) in [6, 6.07) is 6.23. The molecule has 1 aliphatic carbocycles. The summed E-state index contributed by atoms with van der Waals surface area (Å²) in [5.74, 6) is 1.43. The van der Waals surface area contributed by atoms with Crippen molar-refractivity contribution < 1.29 is 14.6 Å². The molecule has 0 amide bonds. The van der Waals surface area contributed by atoms with E-state index in [1.807, 2.05) is 19.1 Å². The van der Waals surface area contributed by atoms with Crippen LogP contribution in [0.15, 0.2) is 18.2 Å². The number of aliphatic hydroxyl groups excluding tert-OH is 1. The first-order valence-electron chi connectivity index (χ1n) is 9.02. The van der Waals surface area contributed by atoms with Gasteiger partial charge in [0, 0.05) is 6.42 Å². The topological polar surface area (TPSA) is 38.7 Å². The summed E-state index contributed by atoms with van der Waals surface area (Å²) >= 11 is 0. The quantitative estimate of drug-likeness (QED) is 0.844. The lowest BCUT2D eigenvalue weighted by Gasteiger charge is -2.33. The van der Waals surface area contributed by atoms with Gasteiger partial charge in [0.2, 0.25) is 0 Å². The summed E-state index contributed by atoms with van der Waals surface area (Å²) in [5.41, 5.74) is 2.63. The van der Waals surface area contributed by atoms with E-state index in [1.54, 1.807) is 7.11 Å². The Labute approximate surface area is 142 Å². The lowest BCUT2D eigenvalue weighted by atomic mass is 9.82. The number of hydrogen-bond acceptors (Lipinski definition) is 3. The van der Waals surface area contributed by atoms with E-state index in [1.165, 1.54) is 24.0 Å². The van der Waals surface area contributed by atoms with Crippen molar-refractivity contribution in [1.29, 1.82) is 0 Å². The Morgan fingerprint density at radius 1 is 1.17 bits per heavy atom. The molecule has 23 heavy (non-hydrogen) atoms. The molecule has 1 aromatic carbocycles. The number of aliphatic hydroxyl groups is 1. The third-order valence-electron chi connectivity index (χ3n) is 4.56. The maximum Gasteiger partial charge on any atom is 0.122 e. The smallest absolute Gasteiger partial charge is 0.122 e. The van der Waals surface area contributed by atoms with Crippen molar-refractivity contribution >= 4 is 0 Å². The molecule has 0 aliphatic heterocycles. The van der Waals surface area contributed by atoms with Crippen LogP contribution in [-0.4, -0.2) is 31.0 Å². The number of benzene rings is 1. The van der Waals surface area contributed by atoms with Crippen molar-refractivity contribution in [1.82, 2.24) is 0 Å². The molecule has 0 spiro atoms. The summed E-state index contributed by atoms with van der Waals surface area (Å²) in [5, 5.41) is 9.29. The van der Waals surface area contributed by atoms with Gasteiger partial charge in [0.1, 0.15) is 5.75 Å². The van der Waals surface area contributed by atoms with E-state index in [0.29, 0.717) is 5.92 Å². The fraction of sp³-hybridized carbons (Fsp3) is 0.700. The summed E-state index contributed by atoms with van der Waals surface area (Å²) < 4.78 is 11.5. The molecule has 0 fully saturated rings. The van der Waals surface area contributed by atoms with Gasteiger partial charge in [-0.2, -0.15) is 0 Å². The van der Waals surface area contributed by atoms with Gasteiger partial charge < -0.3 is 14.6 Å². The lowest BCUT2D eigenvalue weighted by molar-refractivity contribution is -0.0649. The number of fused-ring (bicyclic) bond motifs is 1. The van der Waals surface area contributed by atoms with Crippen molar-refractivity contribution in [3.05, 3.63) is 29.3 Å². The number of hydrogen-bond donors (Lipinski definition) is 1. The Morgan fingerprint density at radius 2 is 1.87 bits per heavy atom. The van der Waals surface area contributed by atoms with E-state index in [2.05, 4.69) is 26.8 Å². The van der Waals surface area contributed by atoms with Crippen molar-refractivity contribution in [3.63, 3.8) is 0 Å². The van der Waals surface area contributed by atoms with E-state index in [9.17, 15) is 5.11 Å². The van der Waals surface area contributed by atoms with E-state index in [0.717, 1.165) is 25.0 Å². The van der Waals surface area contributed by atoms with Gasteiger partial charge >= 0.3 is 0 Å². The molecule has 1 aliphatic rings. The Hall–Kier alpha value is -1.06. The van der Waals surface area contributed by atoms with Gasteiger partial charge in [-0.15, -0.1) is 0 Å². The molecule has 3 atom stereocenters. The molecule has 3 nitrogen and oxygen atoms in total. The van der Waals surface area contributed by atoms with Crippen LogP contribution in [0.5, 0.6) is 5.75 Å². The van der Waals surface area contributed by atoms with Crippen LogP contribution in [0.25, 0.3) is 0 Å². The second kappa shape index (κ2) is 10.7. The molecule has 132 valence electrons. The standard InChI is InChI=1S/C16H24O3.C4H10/c1-4-13(10-17)19-16-9-14-12(8-11(16)2)6-5-7-15(14)18-3;1-3-4-2/h5-7,11,13,16-17H,4,8-10H2,1-3H3;3-4H2,1-2H3/t11?,13?,16-;/m1./s1. The Bertz CT molecular complexity index is 439. The van der Waals surface area contributed by atoms with Crippen molar-refractivity contribution in [2.24, 2.45) is 5.92 Å². The summed E-state index contributed by atoms with van der Waals surface area (Å²) in [6.07, 6.45) is 5.48. The third-order valence-corrected chi connectivity index (χ3v) is 4.56. The predicted molar refractivity (Wildman–Crippen MR) is 96.2 cm³/mol. The molecule has 0 heterocycles. The van der Waals surface area contributed by atoms with E-state index >= 15 is 0 Å². The van der Waals surface area contributed by atoms with Crippen LogP contribution in [0.3, 0.4) is 0 Å². The van der Waals surface area contributed by atoms with Gasteiger partial charge in [-0.1, -0.05) is 52.7 Å². The van der Waals surface area contributed by atoms with Gasteiger partial charge in [0.25, 0.3) is 0 Å². The third kappa shape index (κ3) is 5.82. The highest BCUT2D eigenvalue weighted by Gasteiger charge is 2.29. The van der Waals surface area contributed by atoms with Crippen molar-refractivity contribution in [2.45, 2.75) is 72.0 Å². The average molecular weight is 322 g/mol. The zero-order valence-corrected chi connectivity index (χ0v) is 15.5. The zero-order chi connectivity index (χ0) is 17.2. The first kappa shape index (κ1) is 20.0. The largest absolute Gasteiger partial charge is 0.496 e. The minimum Gasteiger partial charge on any atom is -0.496 e. The van der Waals surface area contributed by atoms with Crippen LogP contribution in [0, 0.1) is 5.92 Å². The van der Waals surface area contributed by atoms with E-state index in [4.69, 9.17) is 9.47 Å². The van der Waals surface area contributed by atoms with Crippen LogP contribution >= 0.6 is 0 Å². The van der Waals surface area contributed by atoms with Gasteiger partial charge in [-0.3, -0.25) is 0 Å². The molecule has 1 aromatic rings. The first-order chi connectivity index (χ1) is 11.1. The second-order valence-electron chi connectivity index (χ2n) is 6.37. The highest BCUT2D eigenvalue weighted by molar-refractivity contribution is 5.42. The summed E-state index contributed by atoms with van der Waals surface area (Å²) in [6.45, 7) is 8.72. The minimum absolute atomic E-state index is 0.0521. The number of rotatable bonds is 6. The second-order valence-corrected chi connectivity index (χ2v) is 6.37. The molecular formula is C20H34O3. The predicted octanol–water partition coefficient (Wildman–Crippen LogP) is 4.39. The molecule has 0 aromatic heterocycles. The molecule has 0 saturated carbocycles. The SMILES string of the molecule is CCC(CO)O[C@@H]1Cc2c(cccc2OC)CC1C.CCCC. The van der Waals surface area contributed by atoms with Gasteiger partial charge in [0.05, 0.1) is 25.9 Å². The summed E-state index contributed by atoms with van der Waals surface area (Å²) in [7, 11) is 1.71. The maximum absolute atomic E-state index is 9.29. The maximum atomic E-state index is 9.29. The molecular weight excluding hydrogens is 288 g/mol. The first-order valence-corrected chi connectivity index (χ1v) is 9.02. The Kier molecular flexibility index (Phi) is 9.27. The molecule has 0 saturated heterocycles. The fourth-order valence-corrected chi connectivity index (χ4v) is 2.80. The summed E-state index contributed by atoms with van der Waals surface area (Å²) in [4.78, 5) is 0. The Morgan fingerprint density at radius 3 is 2.39 bits per heavy atom. The molecule has 0 bridgehead atoms. The van der Waals surface area contributed by atoms with Crippen LogP contribution in [0.4, 0.5) is 0 Å². The normalized spacial score (nSPS) is 21.0. The van der Waals surface area contributed by atoms with Gasteiger partial charge in [0.15, 0.2) is 0 Å².